The number of ketones is 1. The van der Waals surface area contributed by atoms with Crippen LogP contribution >= 0.6 is 0 Å². The number of hydrogen-bond acceptors (Lipinski definition) is 1. The van der Waals surface area contributed by atoms with Crippen molar-refractivity contribution in [1.82, 2.24) is 0 Å². The Morgan fingerprint density at radius 2 is 2.13 bits per heavy atom. The molecule has 0 unspecified atom stereocenters. The summed E-state index contributed by atoms with van der Waals surface area (Å²) >= 11 is 0. The quantitative estimate of drug-likeness (QED) is 0.678. The van der Waals surface area contributed by atoms with Crippen molar-refractivity contribution in [3.8, 4) is 0 Å². The Hall–Kier alpha value is -1.63. The van der Waals surface area contributed by atoms with Crippen molar-refractivity contribution in [3.63, 3.8) is 0 Å². The minimum atomic E-state index is 0.221. The Bertz CT molecular complexity index is 438. The lowest BCUT2D eigenvalue weighted by molar-refractivity contribution is 0.0988. The highest BCUT2D eigenvalue weighted by molar-refractivity contribution is 6.00. The molecule has 1 nitrogen and oxygen atoms in total. The summed E-state index contributed by atoms with van der Waals surface area (Å²) < 4.78 is 0. The third kappa shape index (κ3) is 1.91. The lowest BCUT2D eigenvalue weighted by Crippen LogP contribution is -2.01. The topological polar surface area (TPSA) is 17.1 Å². The van der Waals surface area contributed by atoms with E-state index in [0.29, 0.717) is 6.42 Å². The molecule has 1 aliphatic rings. The maximum atomic E-state index is 11.7. The van der Waals surface area contributed by atoms with Gasteiger partial charge in [0.1, 0.15) is 0 Å². The zero-order valence-electron chi connectivity index (χ0n) is 8.86. The van der Waals surface area contributed by atoms with Crippen LogP contribution in [0, 0.1) is 0 Å². The third-order valence-electron chi connectivity index (χ3n) is 2.67. The van der Waals surface area contributed by atoms with Crippen LogP contribution in [0.3, 0.4) is 0 Å². The standard InChI is InChI=1S/C14H14O/c1-2-14(15)13-10-6-5-9-12(13)11-7-3-4-8-11/h3-7,9-10H,2,8H2,1H3. The van der Waals surface area contributed by atoms with Gasteiger partial charge in [-0.3, -0.25) is 4.79 Å². The highest BCUT2D eigenvalue weighted by Gasteiger charge is 2.12. The van der Waals surface area contributed by atoms with E-state index in [9.17, 15) is 4.79 Å². The van der Waals surface area contributed by atoms with E-state index in [4.69, 9.17) is 0 Å². The largest absolute Gasteiger partial charge is 0.294 e. The molecule has 0 atom stereocenters. The van der Waals surface area contributed by atoms with Crippen LogP contribution in [0.1, 0.15) is 35.7 Å². The van der Waals surface area contributed by atoms with E-state index >= 15 is 0 Å². The van der Waals surface area contributed by atoms with E-state index in [1.807, 2.05) is 37.3 Å². The normalized spacial score (nSPS) is 14.1. The Kier molecular flexibility index (Phi) is 2.82. The maximum absolute atomic E-state index is 11.7. The minimum Gasteiger partial charge on any atom is -0.294 e. The second kappa shape index (κ2) is 4.26. The molecule has 0 N–H and O–H groups in total. The fourth-order valence-corrected chi connectivity index (χ4v) is 1.84. The highest BCUT2D eigenvalue weighted by Crippen LogP contribution is 2.26. The zero-order chi connectivity index (χ0) is 10.7. The molecule has 76 valence electrons. The van der Waals surface area contributed by atoms with E-state index in [0.717, 1.165) is 17.5 Å². The monoisotopic (exact) mass is 198 g/mol. The predicted molar refractivity (Wildman–Crippen MR) is 62.8 cm³/mol. The van der Waals surface area contributed by atoms with Crippen molar-refractivity contribution in [2.75, 3.05) is 0 Å². The Morgan fingerprint density at radius 3 is 2.80 bits per heavy atom. The van der Waals surface area contributed by atoms with Crippen LogP contribution in [0.15, 0.2) is 42.5 Å². The Labute approximate surface area is 90.1 Å². The van der Waals surface area contributed by atoms with E-state index in [2.05, 4.69) is 12.2 Å². The summed E-state index contributed by atoms with van der Waals surface area (Å²) in [4.78, 5) is 11.7. The summed E-state index contributed by atoms with van der Waals surface area (Å²) in [5.41, 5.74) is 3.19. The van der Waals surface area contributed by atoms with Crippen molar-refractivity contribution in [3.05, 3.63) is 53.6 Å². The van der Waals surface area contributed by atoms with Gasteiger partial charge >= 0.3 is 0 Å². The Balaban J connectivity index is 2.42. The van der Waals surface area contributed by atoms with Gasteiger partial charge in [0.05, 0.1) is 0 Å². The first-order valence-electron chi connectivity index (χ1n) is 5.31. The predicted octanol–water partition coefficient (Wildman–Crippen LogP) is 3.62. The zero-order valence-corrected chi connectivity index (χ0v) is 8.86. The smallest absolute Gasteiger partial charge is 0.163 e. The molecule has 0 saturated heterocycles. The van der Waals surface area contributed by atoms with Crippen LogP contribution in [0.25, 0.3) is 5.57 Å². The number of rotatable bonds is 3. The average molecular weight is 198 g/mol. The molecule has 0 heterocycles. The molecular formula is C14H14O. The summed E-state index contributed by atoms with van der Waals surface area (Å²) in [7, 11) is 0. The molecule has 0 aliphatic heterocycles. The molecule has 0 bridgehead atoms. The van der Waals surface area contributed by atoms with Crippen LogP contribution in [0.5, 0.6) is 0 Å². The number of allylic oxidation sites excluding steroid dienone is 4. The molecule has 0 spiro atoms. The van der Waals surface area contributed by atoms with Crippen LogP contribution in [-0.4, -0.2) is 5.78 Å². The first kappa shape index (κ1) is 9.91. The van der Waals surface area contributed by atoms with Gasteiger partial charge in [-0.25, -0.2) is 0 Å². The molecule has 0 fully saturated rings. The molecular weight excluding hydrogens is 184 g/mol. The Morgan fingerprint density at radius 1 is 1.33 bits per heavy atom. The fourth-order valence-electron chi connectivity index (χ4n) is 1.84. The van der Waals surface area contributed by atoms with Crippen molar-refractivity contribution < 1.29 is 4.79 Å². The lowest BCUT2D eigenvalue weighted by atomic mass is 9.95. The van der Waals surface area contributed by atoms with Crippen molar-refractivity contribution >= 4 is 11.4 Å². The summed E-state index contributed by atoms with van der Waals surface area (Å²) in [6, 6.07) is 7.86. The van der Waals surface area contributed by atoms with Gasteiger partial charge in [-0.2, -0.15) is 0 Å². The summed E-state index contributed by atoms with van der Waals surface area (Å²) in [5.74, 6) is 0.221. The average Bonchev–Trinajstić information content (AvgIpc) is 2.81. The molecule has 2 rings (SSSR count). The van der Waals surface area contributed by atoms with E-state index in [1.165, 1.54) is 5.57 Å². The van der Waals surface area contributed by atoms with Gasteiger partial charge in [-0.1, -0.05) is 49.4 Å². The van der Waals surface area contributed by atoms with Crippen LogP contribution in [0.4, 0.5) is 0 Å². The number of carbonyl (C=O) groups excluding carboxylic acids is 1. The van der Waals surface area contributed by atoms with E-state index in [1.54, 1.807) is 0 Å². The first-order valence-corrected chi connectivity index (χ1v) is 5.31. The number of carbonyl (C=O) groups is 1. The van der Waals surface area contributed by atoms with Gasteiger partial charge in [-0.15, -0.1) is 0 Å². The maximum Gasteiger partial charge on any atom is 0.163 e. The van der Waals surface area contributed by atoms with Gasteiger partial charge in [-0.05, 0) is 17.6 Å². The molecule has 1 heteroatoms. The van der Waals surface area contributed by atoms with Gasteiger partial charge in [0, 0.05) is 12.0 Å². The highest BCUT2D eigenvalue weighted by atomic mass is 16.1. The van der Waals surface area contributed by atoms with E-state index in [-0.39, 0.29) is 5.78 Å². The molecule has 0 amide bonds. The van der Waals surface area contributed by atoms with Crippen molar-refractivity contribution in [2.24, 2.45) is 0 Å². The fraction of sp³-hybridized carbons (Fsp3) is 0.214. The number of hydrogen-bond donors (Lipinski definition) is 0. The van der Waals surface area contributed by atoms with Crippen molar-refractivity contribution in [1.29, 1.82) is 0 Å². The SMILES string of the molecule is CCC(=O)c1ccccc1C1=CC=CC1. The number of benzene rings is 1. The van der Waals surface area contributed by atoms with Crippen LogP contribution < -0.4 is 0 Å². The molecule has 0 radical (unpaired) electrons. The molecule has 15 heavy (non-hydrogen) atoms. The summed E-state index contributed by atoms with van der Waals surface area (Å²) in [5, 5.41) is 0. The van der Waals surface area contributed by atoms with Crippen LogP contribution in [-0.2, 0) is 0 Å². The minimum absolute atomic E-state index is 0.221. The van der Waals surface area contributed by atoms with Gasteiger partial charge < -0.3 is 0 Å². The van der Waals surface area contributed by atoms with Crippen LogP contribution in [0.2, 0.25) is 0 Å². The van der Waals surface area contributed by atoms with Gasteiger partial charge in [0.2, 0.25) is 0 Å². The molecule has 1 aliphatic carbocycles. The summed E-state index contributed by atoms with van der Waals surface area (Å²) in [6.07, 6.45) is 7.75. The molecule has 1 aromatic carbocycles. The first-order chi connectivity index (χ1) is 7.33. The van der Waals surface area contributed by atoms with E-state index < -0.39 is 0 Å². The third-order valence-corrected chi connectivity index (χ3v) is 2.67. The molecule has 1 aromatic rings. The van der Waals surface area contributed by atoms with Gasteiger partial charge in [0.15, 0.2) is 5.78 Å². The molecule has 0 aromatic heterocycles. The molecule has 0 saturated carbocycles. The summed E-state index contributed by atoms with van der Waals surface area (Å²) in [6.45, 7) is 1.90. The second-order valence-electron chi connectivity index (χ2n) is 3.65. The number of Topliss-reactive ketones (excluding diaryl/α,β-unsaturated/α-hetero) is 1. The second-order valence-corrected chi connectivity index (χ2v) is 3.65. The van der Waals surface area contributed by atoms with Gasteiger partial charge in [0.25, 0.3) is 0 Å². The lowest BCUT2D eigenvalue weighted by Gasteiger charge is -2.08. The van der Waals surface area contributed by atoms with Crippen molar-refractivity contribution in [2.45, 2.75) is 19.8 Å².